The Morgan fingerprint density at radius 2 is 1.80 bits per heavy atom. The van der Waals surface area contributed by atoms with Gasteiger partial charge in [0.05, 0.1) is 12.2 Å². The predicted molar refractivity (Wildman–Crippen MR) is 159 cm³/mol. The molecule has 0 bridgehead atoms. The Balaban J connectivity index is 1.36. The van der Waals surface area contributed by atoms with Crippen LogP contribution in [0.4, 0.5) is 5.95 Å². The summed E-state index contributed by atoms with van der Waals surface area (Å²) in [5.41, 5.74) is 3.20. The normalized spacial score (nSPS) is 16.6. The highest BCUT2D eigenvalue weighted by Gasteiger charge is 2.35. The van der Waals surface area contributed by atoms with Crippen molar-refractivity contribution in [2.75, 3.05) is 31.6 Å². The van der Waals surface area contributed by atoms with Crippen molar-refractivity contribution in [1.29, 1.82) is 0 Å². The van der Waals surface area contributed by atoms with Gasteiger partial charge in [0, 0.05) is 24.5 Å². The van der Waals surface area contributed by atoms with Gasteiger partial charge in [-0.2, -0.15) is 4.98 Å². The molecule has 1 unspecified atom stereocenters. The van der Waals surface area contributed by atoms with E-state index in [4.69, 9.17) is 19.6 Å². The molecule has 0 saturated carbocycles. The van der Waals surface area contributed by atoms with Crippen molar-refractivity contribution >= 4 is 29.6 Å². The van der Waals surface area contributed by atoms with Gasteiger partial charge in [0.15, 0.2) is 6.61 Å². The summed E-state index contributed by atoms with van der Waals surface area (Å²) in [5.74, 6) is 1.53. The van der Waals surface area contributed by atoms with Crippen molar-refractivity contribution in [2.24, 2.45) is 0 Å². The van der Waals surface area contributed by atoms with E-state index in [0.717, 1.165) is 50.1 Å². The van der Waals surface area contributed by atoms with Gasteiger partial charge >= 0.3 is 5.97 Å². The maximum Gasteiger partial charge on any atom is 0.338 e. The molecule has 0 spiro atoms. The fourth-order valence-electron chi connectivity index (χ4n) is 5.00. The highest BCUT2D eigenvalue weighted by molar-refractivity contribution is 7.98. The van der Waals surface area contributed by atoms with Crippen LogP contribution in [0, 0.1) is 0 Å². The van der Waals surface area contributed by atoms with E-state index in [1.165, 1.54) is 12.0 Å². The van der Waals surface area contributed by atoms with Crippen LogP contribution < -0.4 is 10.1 Å². The van der Waals surface area contributed by atoms with Crippen molar-refractivity contribution in [3.63, 3.8) is 0 Å². The molecule has 216 valence electrons. The third-order valence-electron chi connectivity index (χ3n) is 7.26. The lowest BCUT2D eigenvalue weighted by atomic mass is 9.96. The van der Waals surface area contributed by atoms with Crippen LogP contribution in [0.25, 0.3) is 0 Å². The average Bonchev–Trinajstić information content (AvgIpc) is 3.42. The Hall–Kier alpha value is -3.79. The summed E-state index contributed by atoms with van der Waals surface area (Å²) in [5, 5.41) is 8.68. The summed E-state index contributed by atoms with van der Waals surface area (Å²) in [7, 11) is 0. The number of esters is 1. The van der Waals surface area contributed by atoms with E-state index in [0.29, 0.717) is 34.7 Å². The Morgan fingerprint density at radius 3 is 2.54 bits per heavy atom. The topological polar surface area (TPSA) is 98.6 Å². The van der Waals surface area contributed by atoms with Gasteiger partial charge in [0.2, 0.25) is 11.1 Å². The molecule has 3 aromatic rings. The number of nitrogens with one attached hydrogen (secondary N) is 1. The first-order valence-corrected chi connectivity index (χ1v) is 15.3. The van der Waals surface area contributed by atoms with Crippen LogP contribution in [0.2, 0.25) is 0 Å². The molecular weight excluding hydrogens is 538 g/mol. The molecule has 2 aliphatic rings. The number of fused-ring (bicyclic) bond motifs is 1. The van der Waals surface area contributed by atoms with Gasteiger partial charge in [-0.15, -0.1) is 5.10 Å². The molecule has 0 aliphatic carbocycles. The molecule has 5 rings (SSSR count). The molecule has 0 radical (unpaired) electrons. The number of nitrogens with zero attached hydrogens (tertiary/aromatic N) is 4. The number of hydrogen-bond acceptors (Lipinski definition) is 8. The minimum atomic E-state index is -0.525. The Labute approximate surface area is 245 Å². The van der Waals surface area contributed by atoms with Crippen LogP contribution in [0.1, 0.15) is 63.1 Å². The number of unbranched alkanes of at least 4 members (excludes halogenated alkanes) is 1. The molecule has 41 heavy (non-hydrogen) atoms. The van der Waals surface area contributed by atoms with Crippen molar-refractivity contribution in [3.8, 4) is 5.75 Å². The second-order valence-electron chi connectivity index (χ2n) is 10.3. The van der Waals surface area contributed by atoms with Crippen LogP contribution in [0.3, 0.4) is 0 Å². The number of allylic oxidation sites excluding steroid dienone is 1. The number of hydrogen-bond donors (Lipinski definition) is 1. The number of carbonyl (C=O) groups excluding carboxylic acids is 2. The summed E-state index contributed by atoms with van der Waals surface area (Å²) >= 11 is 1.54. The van der Waals surface area contributed by atoms with E-state index in [9.17, 15) is 9.59 Å². The number of benzene rings is 2. The summed E-state index contributed by atoms with van der Waals surface area (Å²) < 4.78 is 13.2. The monoisotopic (exact) mass is 575 g/mol. The molecule has 3 heterocycles. The van der Waals surface area contributed by atoms with E-state index < -0.39 is 6.04 Å². The summed E-state index contributed by atoms with van der Waals surface area (Å²) in [6.07, 6.45) is 5.00. The first-order valence-electron chi connectivity index (χ1n) is 14.3. The maximum atomic E-state index is 13.3. The zero-order valence-electron chi connectivity index (χ0n) is 23.7. The SMILES string of the molecule is CCCCOC(=O)C1=C(C)Nc2nc(SCc3ccccc3)nn2C1c1ccc(OCC(=O)N2CCCCC2)cc1. The number of likely N-dealkylation sites (tertiary alicyclic amines) is 1. The molecule has 1 amide bonds. The minimum Gasteiger partial charge on any atom is -0.484 e. The van der Waals surface area contributed by atoms with Gasteiger partial charge < -0.3 is 19.7 Å². The van der Waals surface area contributed by atoms with Gasteiger partial charge in [0.25, 0.3) is 5.91 Å². The molecule has 1 aromatic heterocycles. The second-order valence-corrected chi connectivity index (χ2v) is 11.2. The van der Waals surface area contributed by atoms with Crippen LogP contribution >= 0.6 is 11.8 Å². The Kier molecular flexibility index (Phi) is 9.61. The van der Waals surface area contributed by atoms with E-state index in [2.05, 4.69) is 24.4 Å². The zero-order chi connectivity index (χ0) is 28.6. The number of amides is 1. The van der Waals surface area contributed by atoms with Crippen LogP contribution in [0.15, 0.2) is 71.0 Å². The lowest BCUT2D eigenvalue weighted by Gasteiger charge is -2.28. The number of thioether (sulfide) groups is 1. The highest BCUT2D eigenvalue weighted by atomic mass is 32.2. The van der Waals surface area contributed by atoms with E-state index >= 15 is 0 Å². The van der Waals surface area contributed by atoms with Crippen LogP contribution in [0.5, 0.6) is 5.75 Å². The summed E-state index contributed by atoms with van der Waals surface area (Å²) in [6, 6.07) is 17.1. The average molecular weight is 576 g/mol. The molecule has 9 nitrogen and oxygen atoms in total. The maximum absolute atomic E-state index is 13.3. The fraction of sp³-hybridized carbons (Fsp3) is 0.419. The van der Waals surface area contributed by atoms with Gasteiger partial charge in [-0.25, -0.2) is 9.48 Å². The standard InChI is InChI=1S/C31H37N5O4S/c1-3-4-19-39-29(38)27-22(2)32-30-33-31(41-21-23-11-7-5-8-12-23)34-36(30)28(27)24-13-15-25(16-14-24)40-20-26(37)35-17-9-6-10-18-35/h5,7-8,11-16,28H,3-4,6,9-10,17-21H2,1-2H3,(H,32,33,34). The molecule has 1 N–H and O–H groups in total. The van der Waals surface area contributed by atoms with Crippen molar-refractivity contribution < 1.29 is 19.1 Å². The van der Waals surface area contributed by atoms with Crippen molar-refractivity contribution in [3.05, 3.63) is 77.0 Å². The fourth-order valence-corrected chi connectivity index (χ4v) is 5.79. The van der Waals surface area contributed by atoms with Gasteiger partial charge in [0.1, 0.15) is 11.8 Å². The Morgan fingerprint density at radius 1 is 1.05 bits per heavy atom. The second kappa shape index (κ2) is 13.7. The molecule has 10 heteroatoms. The van der Waals surface area contributed by atoms with Crippen molar-refractivity contribution in [2.45, 2.75) is 62.9 Å². The first-order chi connectivity index (χ1) is 20.0. The summed E-state index contributed by atoms with van der Waals surface area (Å²) in [4.78, 5) is 32.5. The highest BCUT2D eigenvalue weighted by Crippen LogP contribution is 2.37. The number of ether oxygens (including phenoxy) is 2. The minimum absolute atomic E-state index is 0.00981. The lowest BCUT2D eigenvalue weighted by Crippen LogP contribution is -2.38. The number of aromatic nitrogens is 3. The van der Waals surface area contributed by atoms with Crippen LogP contribution in [-0.2, 0) is 20.1 Å². The van der Waals surface area contributed by atoms with E-state index in [-0.39, 0.29) is 18.5 Å². The molecule has 1 atom stereocenters. The molecular formula is C31H37N5O4S. The van der Waals surface area contributed by atoms with Gasteiger partial charge in [-0.3, -0.25) is 4.79 Å². The van der Waals surface area contributed by atoms with Gasteiger partial charge in [-0.1, -0.05) is 67.6 Å². The van der Waals surface area contributed by atoms with Gasteiger partial charge in [-0.05, 0) is 55.9 Å². The number of carbonyl (C=O) groups is 2. The quantitative estimate of drug-likeness (QED) is 0.179. The summed E-state index contributed by atoms with van der Waals surface area (Å²) in [6.45, 7) is 5.89. The predicted octanol–water partition coefficient (Wildman–Crippen LogP) is 5.59. The first kappa shape index (κ1) is 28.7. The van der Waals surface area contributed by atoms with E-state index in [1.807, 2.05) is 54.3 Å². The number of anilines is 1. The van der Waals surface area contributed by atoms with Crippen LogP contribution in [-0.4, -0.2) is 57.8 Å². The molecule has 2 aromatic carbocycles. The number of rotatable bonds is 11. The molecule has 1 saturated heterocycles. The van der Waals surface area contributed by atoms with E-state index in [1.54, 1.807) is 16.4 Å². The third-order valence-corrected chi connectivity index (χ3v) is 8.17. The van der Waals surface area contributed by atoms with Crippen molar-refractivity contribution in [1.82, 2.24) is 19.7 Å². The molecule has 2 aliphatic heterocycles. The lowest BCUT2D eigenvalue weighted by molar-refractivity contribution is -0.139. The number of piperidine rings is 1. The smallest absolute Gasteiger partial charge is 0.338 e. The largest absolute Gasteiger partial charge is 0.484 e. The molecule has 1 fully saturated rings. The zero-order valence-corrected chi connectivity index (χ0v) is 24.5. The third kappa shape index (κ3) is 7.11. The Bertz CT molecular complexity index is 1370.